The fourth-order valence-electron chi connectivity index (χ4n) is 1.55. The lowest BCUT2D eigenvalue weighted by Crippen LogP contribution is -1.96. The number of nitrogens with zero attached hydrogens (tertiary/aromatic N) is 1. The highest BCUT2D eigenvalue weighted by Gasteiger charge is 2.02. The SMILES string of the molecule is CCCCOc1ccc(C=CC=CC=C(C#N)C(=O)O)cc1. The van der Waals surface area contributed by atoms with Gasteiger partial charge in [0.05, 0.1) is 6.61 Å². The number of carboxylic acid groups (broad SMARTS) is 1. The second-order valence-electron chi connectivity index (χ2n) is 4.51. The van der Waals surface area contributed by atoms with Crippen LogP contribution in [0.2, 0.25) is 0 Å². The summed E-state index contributed by atoms with van der Waals surface area (Å²) < 4.78 is 5.57. The van der Waals surface area contributed by atoms with Gasteiger partial charge in [0.15, 0.2) is 0 Å². The van der Waals surface area contributed by atoms with Gasteiger partial charge in [0.25, 0.3) is 0 Å². The van der Waals surface area contributed by atoms with Crippen LogP contribution >= 0.6 is 0 Å². The molecule has 0 heterocycles. The molecule has 0 aliphatic rings. The van der Waals surface area contributed by atoms with E-state index in [9.17, 15) is 4.79 Å². The van der Waals surface area contributed by atoms with Gasteiger partial charge in [-0.2, -0.15) is 5.26 Å². The Morgan fingerprint density at radius 1 is 1.27 bits per heavy atom. The van der Waals surface area contributed by atoms with Gasteiger partial charge in [0.2, 0.25) is 0 Å². The number of unbranched alkanes of at least 4 members (excludes halogenated alkanes) is 1. The normalized spacial score (nSPS) is 11.7. The van der Waals surface area contributed by atoms with Crippen LogP contribution < -0.4 is 4.74 Å². The Morgan fingerprint density at radius 2 is 2.00 bits per heavy atom. The Hall–Kier alpha value is -2.80. The minimum atomic E-state index is -1.23. The zero-order valence-electron chi connectivity index (χ0n) is 12.5. The number of carboxylic acids is 1. The standard InChI is InChI=1S/C18H19NO3/c1-2-3-13-22-17-11-9-15(10-12-17)7-5-4-6-8-16(14-19)18(20)21/h4-12H,2-3,13H2,1H3,(H,20,21). The predicted molar refractivity (Wildman–Crippen MR) is 86.4 cm³/mol. The number of hydrogen-bond acceptors (Lipinski definition) is 3. The summed E-state index contributed by atoms with van der Waals surface area (Å²) in [4.78, 5) is 10.6. The first-order valence-electron chi connectivity index (χ1n) is 7.08. The van der Waals surface area contributed by atoms with Gasteiger partial charge in [0, 0.05) is 0 Å². The molecule has 0 aromatic heterocycles. The maximum Gasteiger partial charge on any atom is 0.346 e. The first kappa shape index (κ1) is 17.3. The number of nitriles is 1. The lowest BCUT2D eigenvalue weighted by Gasteiger charge is -2.04. The third-order valence-electron chi connectivity index (χ3n) is 2.77. The first-order valence-corrected chi connectivity index (χ1v) is 7.08. The predicted octanol–water partition coefficient (Wildman–Crippen LogP) is 3.97. The molecule has 0 amide bonds. The second-order valence-corrected chi connectivity index (χ2v) is 4.51. The van der Waals surface area contributed by atoms with E-state index in [0.29, 0.717) is 0 Å². The van der Waals surface area contributed by atoms with Crippen molar-refractivity contribution in [3.8, 4) is 11.8 Å². The van der Waals surface area contributed by atoms with E-state index in [1.165, 1.54) is 12.2 Å². The molecule has 0 radical (unpaired) electrons. The van der Waals surface area contributed by atoms with E-state index < -0.39 is 5.97 Å². The van der Waals surface area contributed by atoms with E-state index in [4.69, 9.17) is 15.1 Å². The van der Waals surface area contributed by atoms with E-state index in [1.807, 2.05) is 30.3 Å². The summed E-state index contributed by atoms with van der Waals surface area (Å²) in [7, 11) is 0. The molecule has 4 heteroatoms. The summed E-state index contributed by atoms with van der Waals surface area (Å²) in [6, 6.07) is 9.32. The monoisotopic (exact) mass is 297 g/mol. The van der Waals surface area contributed by atoms with Crippen molar-refractivity contribution in [1.82, 2.24) is 0 Å². The first-order chi connectivity index (χ1) is 10.7. The molecule has 22 heavy (non-hydrogen) atoms. The van der Waals surface area contributed by atoms with Gasteiger partial charge < -0.3 is 9.84 Å². The number of aliphatic carboxylic acids is 1. The van der Waals surface area contributed by atoms with Gasteiger partial charge in [-0.15, -0.1) is 0 Å². The van der Waals surface area contributed by atoms with Crippen LogP contribution in [0.3, 0.4) is 0 Å². The van der Waals surface area contributed by atoms with Gasteiger partial charge in [-0.1, -0.05) is 49.8 Å². The molecular weight excluding hydrogens is 278 g/mol. The van der Waals surface area contributed by atoms with E-state index in [1.54, 1.807) is 18.2 Å². The van der Waals surface area contributed by atoms with Crippen LogP contribution in [0.5, 0.6) is 5.75 Å². The molecule has 0 aliphatic heterocycles. The summed E-state index contributed by atoms with van der Waals surface area (Å²) in [5.74, 6) is -0.376. The largest absolute Gasteiger partial charge is 0.494 e. The Bertz CT molecular complexity index is 604. The number of benzene rings is 1. The molecule has 1 aromatic carbocycles. The van der Waals surface area contributed by atoms with Gasteiger partial charge >= 0.3 is 5.97 Å². The maximum atomic E-state index is 10.6. The van der Waals surface area contributed by atoms with Gasteiger partial charge in [-0.05, 0) is 30.2 Å². The molecule has 0 bridgehead atoms. The second kappa shape index (κ2) is 10.0. The Morgan fingerprint density at radius 3 is 2.59 bits per heavy atom. The average molecular weight is 297 g/mol. The molecule has 0 atom stereocenters. The highest BCUT2D eigenvalue weighted by molar-refractivity contribution is 5.91. The highest BCUT2D eigenvalue weighted by atomic mass is 16.5. The lowest BCUT2D eigenvalue weighted by atomic mass is 10.2. The van der Waals surface area contributed by atoms with Crippen molar-refractivity contribution in [3.63, 3.8) is 0 Å². The maximum absolute atomic E-state index is 10.6. The van der Waals surface area contributed by atoms with Crippen LogP contribution in [0.1, 0.15) is 25.3 Å². The molecule has 1 N–H and O–H groups in total. The molecule has 0 aliphatic carbocycles. The van der Waals surface area contributed by atoms with Crippen molar-refractivity contribution < 1.29 is 14.6 Å². The van der Waals surface area contributed by atoms with Crippen molar-refractivity contribution in [2.24, 2.45) is 0 Å². The third kappa shape index (κ3) is 6.58. The number of hydrogen-bond donors (Lipinski definition) is 1. The molecule has 0 saturated heterocycles. The van der Waals surface area contributed by atoms with E-state index >= 15 is 0 Å². The molecule has 1 rings (SSSR count). The molecule has 114 valence electrons. The summed E-state index contributed by atoms with van der Waals surface area (Å²) in [5.41, 5.74) is 0.716. The molecule has 0 spiro atoms. The van der Waals surface area contributed by atoms with Crippen LogP contribution in [-0.4, -0.2) is 17.7 Å². The van der Waals surface area contributed by atoms with Crippen LogP contribution in [0.25, 0.3) is 6.08 Å². The van der Waals surface area contributed by atoms with Gasteiger partial charge in [-0.25, -0.2) is 4.79 Å². The number of ether oxygens (including phenoxy) is 1. The van der Waals surface area contributed by atoms with Crippen molar-refractivity contribution in [3.05, 3.63) is 59.7 Å². The number of rotatable bonds is 8. The summed E-state index contributed by atoms with van der Waals surface area (Å²) in [6.07, 6.45) is 10.3. The fraction of sp³-hybridized carbons (Fsp3) is 0.222. The molecule has 0 fully saturated rings. The summed E-state index contributed by atoms with van der Waals surface area (Å²) >= 11 is 0. The highest BCUT2D eigenvalue weighted by Crippen LogP contribution is 2.13. The molecular formula is C18H19NO3. The van der Waals surface area contributed by atoms with Crippen molar-refractivity contribution >= 4 is 12.0 Å². The third-order valence-corrected chi connectivity index (χ3v) is 2.77. The quantitative estimate of drug-likeness (QED) is 0.341. The minimum absolute atomic E-state index is 0.293. The zero-order valence-corrected chi connectivity index (χ0v) is 12.5. The molecule has 0 unspecified atom stereocenters. The summed E-state index contributed by atoms with van der Waals surface area (Å²) in [6.45, 7) is 2.85. The average Bonchev–Trinajstić information content (AvgIpc) is 2.52. The van der Waals surface area contributed by atoms with Gasteiger partial charge in [-0.3, -0.25) is 0 Å². The number of carbonyl (C=O) groups is 1. The number of allylic oxidation sites excluding steroid dienone is 4. The fourth-order valence-corrected chi connectivity index (χ4v) is 1.55. The van der Waals surface area contributed by atoms with Crippen molar-refractivity contribution in [2.75, 3.05) is 6.61 Å². The van der Waals surface area contributed by atoms with E-state index in [2.05, 4.69) is 6.92 Å². The molecule has 0 saturated carbocycles. The van der Waals surface area contributed by atoms with E-state index in [0.717, 1.165) is 30.8 Å². The zero-order chi connectivity index (χ0) is 16.2. The Balaban J connectivity index is 2.53. The Kier molecular flexibility index (Phi) is 7.84. The van der Waals surface area contributed by atoms with E-state index in [-0.39, 0.29) is 5.57 Å². The molecule has 1 aromatic rings. The smallest absolute Gasteiger partial charge is 0.346 e. The topological polar surface area (TPSA) is 70.3 Å². The Labute approximate surface area is 130 Å². The van der Waals surface area contributed by atoms with Crippen molar-refractivity contribution in [1.29, 1.82) is 5.26 Å². The van der Waals surface area contributed by atoms with Crippen LogP contribution in [0, 0.1) is 11.3 Å². The van der Waals surface area contributed by atoms with Gasteiger partial charge in [0.1, 0.15) is 17.4 Å². The minimum Gasteiger partial charge on any atom is -0.494 e. The summed E-state index contributed by atoms with van der Waals surface area (Å²) in [5, 5.41) is 17.2. The van der Waals surface area contributed by atoms with Crippen LogP contribution in [0.15, 0.2) is 54.1 Å². The van der Waals surface area contributed by atoms with Crippen LogP contribution in [0.4, 0.5) is 0 Å². The lowest BCUT2D eigenvalue weighted by molar-refractivity contribution is -0.132. The van der Waals surface area contributed by atoms with Crippen LogP contribution in [-0.2, 0) is 4.79 Å². The molecule has 4 nitrogen and oxygen atoms in total. The van der Waals surface area contributed by atoms with Crippen molar-refractivity contribution in [2.45, 2.75) is 19.8 Å².